The van der Waals surface area contributed by atoms with E-state index in [1.165, 1.54) is 7.11 Å². The molecule has 2 aliphatic rings. The summed E-state index contributed by atoms with van der Waals surface area (Å²) in [5.41, 5.74) is 5.64. The maximum absolute atomic E-state index is 11.8. The fourth-order valence-corrected chi connectivity index (χ4v) is 3.06. The van der Waals surface area contributed by atoms with E-state index in [-0.39, 0.29) is 23.5 Å². The van der Waals surface area contributed by atoms with E-state index in [0.717, 1.165) is 31.6 Å². The van der Waals surface area contributed by atoms with Crippen molar-refractivity contribution in [2.45, 2.75) is 44.2 Å². The second-order valence-electron chi connectivity index (χ2n) is 5.22. The number of hydrogen-bond acceptors (Lipinski definition) is 4. The first-order valence-electron chi connectivity index (χ1n) is 6.06. The number of hydrogen-bond donors (Lipinski definition) is 1. The van der Waals surface area contributed by atoms with E-state index >= 15 is 0 Å². The minimum absolute atomic E-state index is 0.208. The number of carbonyl (C=O) groups is 1. The van der Waals surface area contributed by atoms with Crippen LogP contribution < -0.4 is 5.73 Å². The Morgan fingerprint density at radius 3 is 2.62 bits per heavy atom. The van der Waals surface area contributed by atoms with Gasteiger partial charge in [0.15, 0.2) is 0 Å². The highest BCUT2D eigenvalue weighted by atomic mass is 16.5. The summed E-state index contributed by atoms with van der Waals surface area (Å²) in [6, 6.07) is -0.208. The molecule has 4 heteroatoms. The van der Waals surface area contributed by atoms with Gasteiger partial charge in [0, 0.05) is 6.04 Å². The predicted molar refractivity (Wildman–Crippen MR) is 59.8 cm³/mol. The molecule has 0 amide bonds. The molecule has 4 nitrogen and oxygen atoms in total. The van der Waals surface area contributed by atoms with Crippen LogP contribution in [0.2, 0.25) is 0 Å². The van der Waals surface area contributed by atoms with Crippen molar-refractivity contribution in [3.05, 3.63) is 0 Å². The van der Waals surface area contributed by atoms with Crippen molar-refractivity contribution in [3.8, 4) is 0 Å². The SMILES string of the molecule is COC(=O)C1C(N)COC12CCC(C)CC2. The van der Waals surface area contributed by atoms with Crippen molar-refractivity contribution in [1.82, 2.24) is 0 Å². The zero-order valence-electron chi connectivity index (χ0n) is 10.1. The summed E-state index contributed by atoms with van der Waals surface area (Å²) in [6.07, 6.45) is 4.09. The van der Waals surface area contributed by atoms with Gasteiger partial charge in [-0.05, 0) is 31.6 Å². The number of esters is 1. The Morgan fingerprint density at radius 2 is 2.06 bits per heavy atom. The molecule has 1 spiro atoms. The molecule has 0 aromatic rings. The molecular formula is C12H21NO3. The largest absolute Gasteiger partial charge is 0.469 e. The van der Waals surface area contributed by atoms with E-state index in [9.17, 15) is 4.79 Å². The van der Waals surface area contributed by atoms with Crippen LogP contribution in [0.3, 0.4) is 0 Å². The molecule has 2 unspecified atom stereocenters. The Labute approximate surface area is 96.5 Å². The summed E-state index contributed by atoms with van der Waals surface area (Å²) in [4.78, 5) is 11.8. The molecule has 0 radical (unpaired) electrons. The van der Waals surface area contributed by atoms with Crippen molar-refractivity contribution in [1.29, 1.82) is 0 Å². The van der Waals surface area contributed by atoms with Gasteiger partial charge in [0.25, 0.3) is 0 Å². The molecule has 2 rings (SSSR count). The van der Waals surface area contributed by atoms with Gasteiger partial charge in [0.05, 0.1) is 19.3 Å². The minimum Gasteiger partial charge on any atom is -0.469 e. The third-order valence-electron chi connectivity index (χ3n) is 4.13. The molecule has 0 bridgehead atoms. The summed E-state index contributed by atoms with van der Waals surface area (Å²) in [6.45, 7) is 2.73. The first kappa shape index (κ1) is 11.9. The van der Waals surface area contributed by atoms with Crippen LogP contribution in [-0.2, 0) is 14.3 Å². The lowest BCUT2D eigenvalue weighted by molar-refractivity contribution is -0.155. The van der Waals surface area contributed by atoms with Crippen LogP contribution in [0.1, 0.15) is 32.6 Å². The van der Waals surface area contributed by atoms with Crippen LogP contribution in [0.5, 0.6) is 0 Å². The zero-order valence-corrected chi connectivity index (χ0v) is 10.1. The summed E-state index contributed by atoms with van der Waals surface area (Å²) in [7, 11) is 1.42. The number of carbonyl (C=O) groups excluding carboxylic acids is 1. The van der Waals surface area contributed by atoms with Crippen LogP contribution in [0.4, 0.5) is 0 Å². The smallest absolute Gasteiger partial charge is 0.313 e. The fourth-order valence-electron chi connectivity index (χ4n) is 3.06. The molecule has 0 aromatic heterocycles. The molecule has 1 saturated heterocycles. The van der Waals surface area contributed by atoms with Gasteiger partial charge in [-0.3, -0.25) is 4.79 Å². The number of rotatable bonds is 1. The first-order chi connectivity index (χ1) is 7.59. The van der Waals surface area contributed by atoms with Gasteiger partial charge in [0.1, 0.15) is 5.92 Å². The van der Waals surface area contributed by atoms with Crippen LogP contribution in [0.25, 0.3) is 0 Å². The summed E-state index contributed by atoms with van der Waals surface area (Å²) >= 11 is 0. The Morgan fingerprint density at radius 1 is 1.44 bits per heavy atom. The average molecular weight is 227 g/mol. The van der Waals surface area contributed by atoms with Crippen molar-refractivity contribution in [3.63, 3.8) is 0 Å². The van der Waals surface area contributed by atoms with Gasteiger partial charge < -0.3 is 15.2 Å². The van der Waals surface area contributed by atoms with E-state index in [1.807, 2.05) is 0 Å². The first-order valence-corrected chi connectivity index (χ1v) is 6.06. The van der Waals surface area contributed by atoms with Gasteiger partial charge in [-0.1, -0.05) is 6.92 Å². The normalized spacial score (nSPS) is 43.6. The molecule has 16 heavy (non-hydrogen) atoms. The number of ether oxygens (including phenoxy) is 2. The zero-order chi connectivity index (χ0) is 11.8. The minimum atomic E-state index is -0.334. The maximum atomic E-state index is 11.8. The van der Waals surface area contributed by atoms with E-state index in [2.05, 4.69) is 6.92 Å². The van der Waals surface area contributed by atoms with Crippen LogP contribution in [-0.4, -0.2) is 31.3 Å². The average Bonchev–Trinajstić information content (AvgIpc) is 2.60. The van der Waals surface area contributed by atoms with Crippen molar-refractivity contribution in [2.24, 2.45) is 17.6 Å². The molecule has 1 aliphatic heterocycles. The van der Waals surface area contributed by atoms with E-state index in [4.69, 9.17) is 15.2 Å². The highest BCUT2D eigenvalue weighted by Gasteiger charge is 2.53. The summed E-state index contributed by atoms with van der Waals surface area (Å²) in [5.74, 6) is 0.244. The van der Waals surface area contributed by atoms with Crippen LogP contribution >= 0.6 is 0 Å². The quantitative estimate of drug-likeness (QED) is 0.681. The lowest BCUT2D eigenvalue weighted by atomic mass is 9.72. The number of nitrogens with two attached hydrogens (primary N) is 1. The maximum Gasteiger partial charge on any atom is 0.313 e. The lowest BCUT2D eigenvalue weighted by Crippen LogP contribution is -2.48. The Balaban J connectivity index is 2.16. The van der Waals surface area contributed by atoms with Gasteiger partial charge in [-0.15, -0.1) is 0 Å². The van der Waals surface area contributed by atoms with E-state index < -0.39 is 0 Å². The Hall–Kier alpha value is -0.610. The third-order valence-corrected chi connectivity index (χ3v) is 4.13. The van der Waals surface area contributed by atoms with Crippen LogP contribution in [0, 0.1) is 11.8 Å². The van der Waals surface area contributed by atoms with Gasteiger partial charge in [-0.2, -0.15) is 0 Å². The standard InChI is InChI=1S/C12H21NO3/c1-8-3-5-12(6-4-8)10(11(14)15-2)9(13)7-16-12/h8-10H,3-7,13H2,1-2H3. The second kappa shape index (κ2) is 4.34. The number of methoxy groups -OCH3 is 1. The molecule has 1 heterocycles. The molecule has 2 N–H and O–H groups in total. The lowest BCUT2D eigenvalue weighted by Gasteiger charge is -2.39. The highest BCUT2D eigenvalue weighted by Crippen LogP contribution is 2.45. The van der Waals surface area contributed by atoms with Crippen molar-refractivity contribution in [2.75, 3.05) is 13.7 Å². The predicted octanol–water partition coefficient (Wildman–Crippen LogP) is 1.08. The molecular weight excluding hydrogens is 206 g/mol. The highest BCUT2D eigenvalue weighted by molar-refractivity contribution is 5.75. The second-order valence-corrected chi connectivity index (χ2v) is 5.22. The Kier molecular flexibility index (Phi) is 3.22. The Bertz CT molecular complexity index is 271. The van der Waals surface area contributed by atoms with Gasteiger partial charge in [-0.25, -0.2) is 0 Å². The van der Waals surface area contributed by atoms with Crippen molar-refractivity contribution >= 4 is 5.97 Å². The molecule has 2 fully saturated rings. The molecule has 2 atom stereocenters. The summed E-state index contributed by atoms with van der Waals surface area (Å²) in [5, 5.41) is 0. The van der Waals surface area contributed by atoms with Crippen molar-refractivity contribution < 1.29 is 14.3 Å². The van der Waals surface area contributed by atoms with E-state index in [1.54, 1.807) is 0 Å². The summed E-state index contributed by atoms with van der Waals surface area (Å²) < 4.78 is 10.7. The molecule has 1 saturated carbocycles. The van der Waals surface area contributed by atoms with Gasteiger partial charge in [0.2, 0.25) is 0 Å². The van der Waals surface area contributed by atoms with Gasteiger partial charge >= 0.3 is 5.97 Å². The molecule has 92 valence electrons. The molecule has 0 aromatic carbocycles. The topological polar surface area (TPSA) is 61.5 Å². The monoisotopic (exact) mass is 227 g/mol. The molecule has 1 aliphatic carbocycles. The third kappa shape index (κ3) is 1.84. The van der Waals surface area contributed by atoms with E-state index in [0.29, 0.717) is 6.61 Å². The van der Waals surface area contributed by atoms with Crippen LogP contribution in [0.15, 0.2) is 0 Å². The fraction of sp³-hybridized carbons (Fsp3) is 0.917.